The predicted molar refractivity (Wildman–Crippen MR) is 61.5 cm³/mol. The average molecular weight is 224 g/mol. The maximum atomic E-state index is 8.63. The Hall–Kier alpha value is -0.870. The maximum absolute atomic E-state index is 8.63. The number of hydrogen-bond donors (Lipinski definition) is 1. The van der Waals surface area contributed by atoms with Crippen LogP contribution in [0.25, 0.3) is 0 Å². The molecule has 0 amide bonds. The van der Waals surface area contributed by atoms with Gasteiger partial charge in [0.15, 0.2) is 0 Å². The smallest absolute Gasteiger partial charge is 0.106 e. The van der Waals surface area contributed by atoms with Crippen LogP contribution in [0.3, 0.4) is 0 Å². The molecule has 0 saturated carbocycles. The van der Waals surface area contributed by atoms with E-state index in [-0.39, 0.29) is 6.61 Å². The minimum atomic E-state index is 0.0982. The van der Waals surface area contributed by atoms with Gasteiger partial charge < -0.3 is 14.4 Å². The van der Waals surface area contributed by atoms with Crippen molar-refractivity contribution < 1.29 is 9.84 Å². The standard InChI is InChI=1S/C12H20N2O2/c1-10-13-11-4-2-3-5-12(11)14(10)6-8-16-9-7-15/h15H,2-9H2,1H3. The minimum Gasteiger partial charge on any atom is -0.394 e. The molecule has 1 aliphatic carbocycles. The van der Waals surface area contributed by atoms with Crippen LogP contribution in [0.2, 0.25) is 0 Å². The first-order valence-corrected chi connectivity index (χ1v) is 6.06. The Kier molecular flexibility index (Phi) is 3.96. The van der Waals surface area contributed by atoms with E-state index in [0.29, 0.717) is 13.2 Å². The Balaban J connectivity index is 1.99. The number of hydrogen-bond acceptors (Lipinski definition) is 3. The molecule has 0 fully saturated rings. The largest absolute Gasteiger partial charge is 0.394 e. The van der Waals surface area contributed by atoms with Gasteiger partial charge in [0.2, 0.25) is 0 Å². The summed E-state index contributed by atoms with van der Waals surface area (Å²) in [6.45, 7) is 4.10. The molecular weight excluding hydrogens is 204 g/mol. The van der Waals surface area contributed by atoms with Crippen molar-refractivity contribution >= 4 is 0 Å². The molecule has 1 heterocycles. The van der Waals surface area contributed by atoms with Crippen molar-refractivity contribution in [2.24, 2.45) is 0 Å². The molecule has 1 aliphatic rings. The van der Waals surface area contributed by atoms with E-state index in [0.717, 1.165) is 25.2 Å². The first-order chi connectivity index (χ1) is 7.83. The molecule has 1 N–H and O–H groups in total. The molecule has 0 bridgehead atoms. The second-order valence-electron chi connectivity index (χ2n) is 4.25. The fourth-order valence-corrected chi connectivity index (χ4v) is 2.35. The quantitative estimate of drug-likeness (QED) is 0.761. The molecule has 0 radical (unpaired) electrons. The lowest BCUT2D eigenvalue weighted by atomic mass is 10.0. The lowest BCUT2D eigenvalue weighted by Gasteiger charge is -2.14. The fourth-order valence-electron chi connectivity index (χ4n) is 2.35. The molecule has 0 unspecified atom stereocenters. The van der Waals surface area contributed by atoms with Gasteiger partial charge in [-0.2, -0.15) is 0 Å². The van der Waals surface area contributed by atoms with E-state index in [1.54, 1.807) is 0 Å². The van der Waals surface area contributed by atoms with Crippen LogP contribution in [0.4, 0.5) is 0 Å². The maximum Gasteiger partial charge on any atom is 0.106 e. The van der Waals surface area contributed by atoms with Crippen molar-refractivity contribution in [2.75, 3.05) is 19.8 Å². The van der Waals surface area contributed by atoms with Gasteiger partial charge in [-0.05, 0) is 32.6 Å². The SMILES string of the molecule is Cc1nc2c(n1CCOCCO)CCCC2. The van der Waals surface area contributed by atoms with E-state index in [9.17, 15) is 0 Å². The first-order valence-electron chi connectivity index (χ1n) is 6.06. The Morgan fingerprint density at radius 2 is 2.12 bits per heavy atom. The Labute approximate surface area is 96.3 Å². The Bertz CT molecular complexity index is 347. The predicted octanol–water partition coefficient (Wildman–Crippen LogP) is 1.08. The van der Waals surface area contributed by atoms with Gasteiger partial charge in [-0.1, -0.05) is 0 Å². The van der Waals surface area contributed by atoms with Gasteiger partial charge in [-0.3, -0.25) is 0 Å². The van der Waals surface area contributed by atoms with Crippen LogP contribution in [0.15, 0.2) is 0 Å². The number of ether oxygens (including phenoxy) is 1. The van der Waals surface area contributed by atoms with Gasteiger partial charge in [0.1, 0.15) is 5.82 Å². The minimum absolute atomic E-state index is 0.0982. The summed E-state index contributed by atoms with van der Waals surface area (Å²) >= 11 is 0. The third-order valence-corrected chi connectivity index (χ3v) is 3.12. The second kappa shape index (κ2) is 5.46. The zero-order valence-electron chi connectivity index (χ0n) is 9.91. The molecule has 0 atom stereocenters. The normalized spacial score (nSPS) is 15.1. The van der Waals surface area contributed by atoms with Crippen LogP contribution in [0, 0.1) is 6.92 Å². The molecule has 16 heavy (non-hydrogen) atoms. The van der Waals surface area contributed by atoms with Gasteiger partial charge in [0, 0.05) is 12.2 Å². The topological polar surface area (TPSA) is 47.3 Å². The van der Waals surface area contributed by atoms with E-state index in [1.165, 1.54) is 24.2 Å². The van der Waals surface area contributed by atoms with Gasteiger partial charge in [-0.25, -0.2) is 4.98 Å². The number of fused-ring (bicyclic) bond motifs is 1. The zero-order chi connectivity index (χ0) is 11.4. The number of nitrogens with zero attached hydrogens (tertiary/aromatic N) is 2. The number of aliphatic hydroxyl groups is 1. The molecular formula is C12H20N2O2. The van der Waals surface area contributed by atoms with Crippen LogP contribution < -0.4 is 0 Å². The van der Waals surface area contributed by atoms with Crippen LogP contribution in [0.5, 0.6) is 0 Å². The van der Waals surface area contributed by atoms with Crippen molar-refractivity contribution in [2.45, 2.75) is 39.2 Å². The lowest BCUT2D eigenvalue weighted by molar-refractivity contribution is 0.0863. The van der Waals surface area contributed by atoms with Crippen LogP contribution in [-0.2, 0) is 24.1 Å². The molecule has 0 aliphatic heterocycles. The average Bonchev–Trinajstić information content (AvgIpc) is 2.61. The van der Waals surface area contributed by atoms with Crippen LogP contribution >= 0.6 is 0 Å². The first kappa shape index (κ1) is 11.6. The number of aryl methyl sites for hydroxylation is 2. The second-order valence-corrected chi connectivity index (χ2v) is 4.25. The highest BCUT2D eigenvalue weighted by molar-refractivity contribution is 5.19. The molecule has 4 heteroatoms. The Morgan fingerprint density at radius 1 is 1.31 bits per heavy atom. The molecule has 0 aromatic carbocycles. The molecule has 2 rings (SSSR count). The number of aliphatic hydroxyl groups excluding tert-OH is 1. The number of imidazole rings is 1. The van der Waals surface area contributed by atoms with E-state index >= 15 is 0 Å². The summed E-state index contributed by atoms with van der Waals surface area (Å²) in [7, 11) is 0. The van der Waals surface area contributed by atoms with Crippen LogP contribution in [-0.4, -0.2) is 34.5 Å². The third-order valence-electron chi connectivity index (χ3n) is 3.12. The molecule has 0 saturated heterocycles. The summed E-state index contributed by atoms with van der Waals surface area (Å²) in [5, 5.41) is 8.63. The summed E-state index contributed by atoms with van der Waals surface area (Å²) in [6, 6.07) is 0. The zero-order valence-corrected chi connectivity index (χ0v) is 9.91. The summed E-state index contributed by atoms with van der Waals surface area (Å²) in [4.78, 5) is 4.61. The van der Waals surface area contributed by atoms with E-state index < -0.39 is 0 Å². The molecule has 0 spiro atoms. The summed E-state index contributed by atoms with van der Waals surface area (Å²) in [6.07, 6.45) is 4.82. The van der Waals surface area contributed by atoms with Crippen molar-refractivity contribution in [3.8, 4) is 0 Å². The lowest BCUT2D eigenvalue weighted by Crippen LogP contribution is -2.14. The van der Waals surface area contributed by atoms with Gasteiger partial charge in [-0.15, -0.1) is 0 Å². The monoisotopic (exact) mass is 224 g/mol. The molecule has 1 aromatic heterocycles. The highest BCUT2D eigenvalue weighted by Gasteiger charge is 2.17. The van der Waals surface area contributed by atoms with Crippen molar-refractivity contribution in [1.29, 1.82) is 0 Å². The summed E-state index contributed by atoms with van der Waals surface area (Å²) in [5.41, 5.74) is 2.68. The number of rotatable bonds is 5. The van der Waals surface area contributed by atoms with Crippen molar-refractivity contribution in [3.05, 3.63) is 17.2 Å². The highest BCUT2D eigenvalue weighted by Crippen LogP contribution is 2.21. The van der Waals surface area contributed by atoms with Crippen molar-refractivity contribution in [1.82, 2.24) is 9.55 Å². The van der Waals surface area contributed by atoms with Gasteiger partial charge in [0.25, 0.3) is 0 Å². The Morgan fingerprint density at radius 3 is 2.94 bits per heavy atom. The highest BCUT2D eigenvalue weighted by atomic mass is 16.5. The van der Waals surface area contributed by atoms with E-state index in [2.05, 4.69) is 16.5 Å². The van der Waals surface area contributed by atoms with Gasteiger partial charge in [0.05, 0.1) is 25.5 Å². The molecule has 4 nitrogen and oxygen atoms in total. The molecule has 1 aromatic rings. The molecule has 90 valence electrons. The third kappa shape index (κ3) is 2.44. The van der Waals surface area contributed by atoms with Crippen molar-refractivity contribution in [3.63, 3.8) is 0 Å². The summed E-state index contributed by atoms with van der Waals surface area (Å²) in [5.74, 6) is 1.10. The van der Waals surface area contributed by atoms with Gasteiger partial charge >= 0.3 is 0 Å². The van der Waals surface area contributed by atoms with Crippen LogP contribution in [0.1, 0.15) is 30.1 Å². The summed E-state index contributed by atoms with van der Waals surface area (Å²) < 4.78 is 7.57. The van der Waals surface area contributed by atoms with E-state index in [4.69, 9.17) is 9.84 Å². The number of aromatic nitrogens is 2. The van der Waals surface area contributed by atoms with E-state index in [1.807, 2.05) is 0 Å². The fraction of sp³-hybridized carbons (Fsp3) is 0.750.